The van der Waals surface area contributed by atoms with Crippen LogP contribution in [0, 0.1) is 0 Å². The third-order valence-corrected chi connectivity index (χ3v) is 20.1. The number of nitrogens with zero attached hydrogens (tertiary/aromatic N) is 2. The maximum atomic E-state index is 14.2. The van der Waals surface area contributed by atoms with Gasteiger partial charge in [-0.05, 0) is 0 Å². The molecule has 0 radical (unpaired) electrons. The van der Waals surface area contributed by atoms with Gasteiger partial charge in [0.25, 0.3) is 0 Å². The zero-order chi connectivity index (χ0) is 27.1. The molecular weight excluding hydrogens is 607 g/mol. The van der Waals surface area contributed by atoms with Crippen LogP contribution in [-0.4, -0.2) is 66.2 Å². The summed E-state index contributed by atoms with van der Waals surface area (Å²) in [5.74, 6) is -1.25. The topological polar surface area (TPSA) is 93.6 Å². The van der Waals surface area contributed by atoms with Gasteiger partial charge in [0.2, 0.25) is 0 Å². The Balaban J connectivity index is 1.51. The number of aromatic nitrogens is 1. The Kier molecular flexibility index (Phi) is 6.98. The minimum atomic E-state index is -3.87. The molecule has 0 aliphatic carbocycles. The Labute approximate surface area is 227 Å². The van der Waals surface area contributed by atoms with Crippen molar-refractivity contribution >= 4 is 46.2 Å². The standard InChI is InChI=1S/C26H21N2O5S.3CH3.Sn/c29-24-22(15-21-13-7-8-14-27-21)25-28(24)16-20(17-34(25,31)32)26(30)33-23(18-9-3-1-4-10-18)19-11-5-2-6-12-19;;;;/h1-15,23,25H,16-17H2;3*1H3;/t25-;;;;/m1..../s1. The molecule has 1 aromatic heterocycles. The molecule has 3 aromatic rings. The van der Waals surface area contributed by atoms with Gasteiger partial charge >= 0.3 is 228 Å². The van der Waals surface area contributed by atoms with Crippen LogP contribution >= 0.6 is 0 Å². The summed E-state index contributed by atoms with van der Waals surface area (Å²) in [6.45, 7) is 0.0456. The van der Waals surface area contributed by atoms with Crippen LogP contribution in [0.4, 0.5) is 0 Å². The Morgan fingerprint density at radius 1 is 1.00 bits per heavy atom. The second-order valence-electron chi connectivity index (χ2n) is 10.9. The molecule has 2 saturated heterocycles. The maximum absolute atomic E-state index is 14.2. The fraction of sp³-hybridized carbons (Fsp3) is 0.276. The monoisotopic (exact) mass is 638 g/mol. The molecule has 2 aromatic carbocycles. The summed E-state index contributed by atoms with van der Waals surface area (Å²) < 4.78 is 32.5. The first-order valence-electron chi connectivity index (χ1n) is 12.5. The summed E-state index contributed by atoms with van der Waals surface area (Å²) in [5.41, 5.74) is 2.30. The minimum absolute atomic E-state index is 0.0456. The van der Waals surface area contributed by atoms with Crippen LogP contribution in [0.5, 0.6) is 0 Å². The van der Waals surface area contributed by atoms with E-state index in [1.165, 1.54) is 11.0 Å². The summed E-state index contributed by atoms with van der Waals surface area (Å²) in [4.78, 5) is 39.0. The van der Waals surface area contributed by atoms with Crippen LogP contribution in [0.2, 0.25) is 18.2 Å². The first kappa shape index (κ1) is 26.6. The molecule has 3 heterocycles. The van der Waals surface area contributed by atoms with E-state index in [1.54, 1.807) is 24.4 Å². The molecule has 1 amide bonds. The molecule has 0 bridgehead atoms. The molecule has 0 N–H and O–H groups in total. The number of carbonyl (C=O) groups is 2. The summed E-state index contributed by atoms with van der Waals surface area (Å²) in [6.07, 6.45) is 2.43. The number of β-lactam (4-membered cyclic amide) rings is 1. The summed E-state index contributed by atoms with van der Waals surface area (Å²) in [6, 6.07) is 24.1. The van der Waals surface area contributed by atoms with Gasteiger partial charge in [0, 0.05) is 0 Å². The Hall–Kier alpha value is -2.98. The van der Waals surface area contributed by atoms with E-state index in [-0.39, 0.29) is 23.8 Å². The number of carbonyl (C=O) groups excluding carboxylic acids is 2. The molecule has 38 heavy (non-hydrogen) atoms. The Bertz CT molecular complexity index is 1450. The number of sulfone groups is 1. The first-order valence-corrected chi connectivity index (χ1v) is 24.2. The van der Waals surface area contributed by atoms with Gasteiger partial charge < -0.3 is 0 Å². The van der Waals surface area contributed by atoms with Crippen LogP contribution in [0.1, 0.15) is 22.9 Å². The van der Waals surface area contributed by atoms with Crippen molar-refractivity contribution in [3.63, 3.8) is 0 Å². The molecule has 7 nitrogen and oxygen atoms in total. The molecular formula is C29H30N2O5SSn. The fourth-order valence-corrected chi connectivity index (χ4v) is 17.0. The van der Waals surface area contributed by atoms with Crippen LogP contribution in [-0.2, 0) is 24.2 Å². The summed E-state index contributed by atoms with van der Waals surface area (Å²) in [5, 5.41) is -1.06. The quantitative estimate of drug-likeness (QED) is 0.172. The van der Waals surface area contributed by atoms with Gasteiger partial charge in [0.05, 0.1) is 0 Å². The van der Waals surface area contributed by atoms with Crippen LogP contribution in [0.15, 0.2) is 90.6 Å². The number of hydrogen-bond donors (Lipinski definition) is 0. The Morgan fingerprint density at radius 2 is 1.58 bits per heavy atom. The van der Waals surface area contributed by atoms with Gasteiger partial charge in [-0.1, -0.05) is 0 Å². The predicted molar refractivity (Wildman–Crippen MR) is 148 cm³/mol. The second-order valence-corrected chi connectivity index (χ2v) is 28.5. The van der Waals surface area contributed by atoms with Crippen LogP contribution in [0.3, 0.4) is 0 Å². The van der Waals surface area contributed by atoms with Crippen LogP contribution < -0.4 is 0 Å². The van der Waals surface area contributed by atoms with Gasteiger partial charge in [-0.2, -0.15) is 0 Å². The van der Waals surface area contributed by atoms with Gasteiger partial charge in [0.15, 0.2) is 0 Å². The van der Waals surface area contributed by atoms with Crippen molar-refractivity contribution in [1.29, 1.82) is 0 Å². The first-order chi connectivity index (χ1) is 18.0. The van der Waals surface area contributed by atoms with Gasteiger partial charge in [-0.3, -0.25) is 0 Å². The molecule has 0 spiro atoms. The van der Waals surface area contributed by atoms with Crippen molar-refractivity contribution in [3.05, 3.63) is 107 Å². The summed E-state index contributed by atoms with van der Waals surface area (Å²) >= 11 is -3.47. The fourth-order valence-electron chi connectivity index (χ4n) is 5.22. The van der Waals surface area contributed by atoms with Crippen molar-refractivity contribution in [2.75, 3.05) is 12.3 Å². The molecule has 9 heteroatoms. The molecule has 5 rings (SSSR count). The van der Waals surface area contributed by atoms with Gasteiger partial charge in [-0.25, -0.2) is 0 Å². The normalized spacial score (nSPS) is 23.6. The average Bonchev–Trinajstić information content (AvgIpc) is 2.90. The number of amides is 1. The van der Waals surface area contributed by atoms with Crippen LogP contribution in [0.25, 0.3) is 6.08 Å². The molecule has 2 aliphatic heterocycles. The SMILES string of the molecule is [CH3][Sn]([CH3])([CH3])[C]1(C(=O)OC(c2ccccc2)c2ccccc2)CN2C(=O)C(=Cc3ccccn3)[C@H]2S(=O)(=O)C1. The third-order valence-electron chi connectivity index (χ3n) is 7.53. The number of rotatable bonds is 6. The van der Waals surface area contributed by atoms with E-state index in [0.29, 0.717) is 5.69 Å². The van der Waals surface area contributed by atoms with Crippen molar-refractivity contribution in [2.45, 2.75) is 29.7 Å². The average molecular weight is 637 g/mol. The van der Waals surface area contributed by atoms with Crippen molar-refractivity contribution in [1.82, 2.24) is 9.88 Å². The number of esters is 1. The molecule has 2 atom stereocenters. The zero-order valence-corrected chi connectivity index (χ0v) is 25.2. The van der Waals surface area contributed by atoms with Gasteiger partial charge in [0.1, 0.15) is 0 Å². The number of hydrogen-bond acceptors (Lipinski definition) is 6. The Morgan fingerprint density at radius 3 is 2.11 bits per heavy atom. The van der Waals surface area contributed by atoms with E-state index < -0.39 is 49.1 Å². The molecule has 2 fully saturated rings. The number of ether oxygens (including phenoxy) is 1. The van der Waals surface area contributed by atoms with E-state index in [2.05, 4.69) is 4.98 Å². The van der Waals surface area contributed by atoms with E-state index in [0.717, 1.165) is 11.1 Å². The van der Waals surface area contributed by atoms with E-state index in [9.17, 15) is 18.0 Å². The van der Waals surface area contributed by atoms with Gasteiger partial charge in [-0.15, -0.1) is 0 Å². The molecule has 1 unspecified atom stereocenters. The third kappa shape index (κ3) is 4.68. The number of fused-ring (bicyclic) bond motifs is 1. The zero-order valence-electron chi connectivity index (χ0n) is 21.6. The van der Waals surface area contributed by atoms with E-state index >= 15 is 0 Å². The predicted octanol–water partition coefficient (Wildman–Crippen LogP) is 4.47. The molecule has 2 aliphatic rings. The number of benzene rings is 2. The van der Waals surface area contributed by atoms with E-state index in [4.69, 9.17) is 4.74 Å². The summed E-state index contributed by atoms with van der Waals surface area (Å²) in [7, 11) is -3.87. The second kappa shape index (κ2) is 9.96. The molecule has 196 valence electrons. The molecule has 0 saturated carbocycles. The van der Waals surface area contributed by atoms with Crippen molar-refractivity contribution in [2.24, 2.45) is 0 Å². The van der Waals surface area contributed by atoms with Crippen molar-refractivity contribution in [3.8, 4) is 0 Å². The van der Waals surface area contributed by atoms with E-state index in [1.807, 2.05) is 75.5 Å². The number of pyridine rings is 1. The van der Waals surface area contributed by atoms with Crippen molar-refractivity contribution < 1.29 is 22.7 Å².